The molecule has 2 amide bonds. The molecule has 6 nitrogen and oxygen atoms in total. The Kier molecular flexibility index (Phi) is 4.97. The van der Waals surface area contributed by atoms with E-state index in [1.165, 1.54) is 0 Å². The maximum absolute atomic E-state index is 12.9. The van der Waals surface area contributed by atoms with Crippen LogP contribution in [0, 0.1) is 6.92 Å². The summed E-state index contributed by atoms with van der Waals surface area (Å²) in [5.74, 6) is -1.21. The Hall–Kier alpha value is -1.73. The summed E-state index contributed by atoms with van der Waals surface area (Å²) in [7, 11) is -3.69. The molecule has 1 aliphatic heterocycles. The highest BCUT2D eigenvalue weighted by molar-refractivity contribution is 7.93. The van der Waals surface area contributed by atoms with Crippen molar-refractivity contribution in [2.45, 2.75) is 62.6 Å². The molecule has 1 heterocycles. The highest BCUT2D eigenvalue weighted by atomic mass is 32.2. The molecule has 25 heavy (non-hydrogen) atoms. The zero-order valence-electron chi connectivity index (χ0n) is 14.3. The number of benzene rings is 1. The fourth-order valence-corrected chi connectivity index (χ4v) is 6.02. The van der Waals surface area contributed by atoms with Gasteiger partial charge in [0, 0.05) is 5.56 Å². The number of amides is 2. The van der Waals surface area contributed by atoms with Crippen LogP contribution in [-0.2, 0) is 26.0 Å². The van der Waals surface area contributed by atoms with E-state index in [0.29, 0.717) is 18.4 Å². The van der Waals surface area contributed by atoms with E-state index in [2.05, 4.69) is 0 Å². The predicted molar refractivity (Wildman–Crippen MR) is 93.8 cm³/mol. The molecule has 1 aromatic carbocycles. The van der Waals surface area contributed by atoms with Gasteiger partial charge in [-0.3, -0.25) is 9.59 Å². The topological polar surface area (TPSA) is 91.8 Å². The zero-order chi connectivity index (χ0) is 18.2. The summed E-state index contributed by atoms with van der Waals surface area (Å²) >= 11 is 0. The molecule has 1 aliphatic carbocycles. The molecule has 1 saturated carbocycles. The van der Waals surface area contributed by atoms with Gasteiger partial charge in [-0.25, -0.2) is 13.3 Å². The summed E-state index contributed by atoms with van der Waals surface area (Å²) < 4.78 is 25.8. The van der Waals surface area contributed by atoms with Gasteiger partial charge < -0.3 is 5.11 Å². The highest BCUT2D eigenvalue weighted by Crippen LogP contribution is 2.34. The number of anilines is 1. The van der Waals surface area contributed by atoms with Gasteiger partial charge in [-0.15, -0.1) is 0 Å². The molecule has 0 bridgehead atoms. The number of imide groups is 1. The first-order valence-corrected chi connectivity index (χ1v) is 10.3. The van der Waals surface area contributed by atoms with Gasteiger partial charge in [0.1, 0.15) is 5.25 Å². The molecule has 1 saturated heterocycles. The summed E-state index contributed by atoms with van der Waals surface area (Å²) in [6, 6.07) is 5.02. The summed E-state index contributed by atoms with van der Waals surface area (Å²) in [5, 5.41) is 7.71. The van der Waals surface area contributed by atoms with Crippen molar-refractivity contribution in [3.8, 4) is 0 Å². The molecule has 2 fully saturated rings. The number of rotatable bonds is 4. The number of aliphatic hydroxyl groups is 1. The largest absolute Gasteiger partial charge is 0.392 e. The molecule has 2 aliphatic rings. The third-order valence-corrected chi connectivity index (χ3v) is 7.73. The second-order valence-electron chi connectivity index (χ2n) is 6.90. The van der Waals surface area contributed by atoms with Crippen LogP contribution >= 0.6 is 0 Å². The Balaban J connectivity index is 1.93. The molecule has 0 spiro atoms. The summed E-state index contributed by atoms with van der Waals surface area (Å²) in [6.45, 7) is 1.51. The van der Waals surface area contributed by atoms with Gasteiger partial charge in [-0.05, 0) is 25.8 Å². The van der Waals surface area contributed by atoms with Crippen molar-refractivity contribution in [1.82, 2.24) is 0 Å². The standard InChI is InChI=1S/C18H23NO5S/c1-12-7-8-15(13(9-12)11-20)19-17(21)10-16(18(19)22)25(23,24)14-5-3-2-4-6-14/h7-9,14,16,20H,2-6,10-11H2,1H3. The SMILES string of the molecule is Cc1ccc(N2C(=O)CC(S(=O)(=O)C3CCCCC3)C2=O)c(CO)c1. The van der Waals surface area contributed by atoms with Crippen LogP contribution in [0.4, 0.5) is 5.69 Å². The average molecular weight is 365 g/mol. The Morgan fingerprint density at radius 1 is 1.16 bits per heavy atom. The fraction of sp³-hybridized carbons (Fsp3) is 0.556. The van der Waals surface area contributed by atoms with Gasteiger partial charge in [0.05, 0.1) is 24.0 Å². The van der Waals surface area contributed by atoms with Crippen LogP contribution < -0.4 is 4.90 Å². The normalized spacial score (nSPS) is 22.6. The van der Waals surface area contributed by atoms with Crippen molar-refractivity contribution in [2.24, 2.45) is 0 Å². The van der Waals surface area contributed by atoms with Gasteiger partial charge in [0.2, 0.25) is 5.91 Å². The van der Waals surface area contributed by atoms with Crippen molar-refractivity contribution in [1.29, 1.82) is 0 Å². The number of carbonyl (C=O) groups is 2. The van der Waals surface area contributed by atoms with E-state index in [4.69, 9.17) is 0 Å². The van der Waals surface area contributed by atoms with E-state index in [-0.39, 0.29) is 18.7 Å². The first-order valence-electron chi connectivity index (χ1n) is 8.66. The van der Waals surface area contributed by atoms with Crippen molar-refractivity contribution in [3.63, 3.8) is 0 Å². The van der Waals surface area contributed by atoms with Crippen LogP contribution in [0.5, 0.6) is 0 Å². The molecule has 1 aromatic rings. The summed E-state index contributed by atoms with van der Waals surface area (Å²) in [6.07, 6.45) is 3.51. The smallest absolute Gasteiger partial charge is 0.252 e. The molecule has 136 valence electrons. The molecule has 1 unspecified atom stereocenters. The van der Waals surface area contributed by atoms with Gasteiger partial charge in [0.25, 0.3) is 5.91 Å². The first-order chi connectivity index (χ1) is 11.9. The fourth-order valence-electron chi connectivity index (χ4n) is 3.80. The molecule has 7 heteroatoms. The number of aliphatic hydroxyl groups excluding tert-OH is 1. The van der Waals surface area contributed by atoms with E-state index in [1.807, 2.05) is 6.92 Å². The van der Waals surface area contributed by atoms with E-state index in [1.54, 1.807) is 18.2 Å². The lowest BCUT2D eigenvalue weighted by atomic mass is 10.0. The third kappa shape index (κ3) is 3.22. The lowest BCUT2D eigenvalue weighted by molar-refractivity contribution is -0.121. The first kappa shape index (κ1) is 18.1. The molecule has 0 radical (unpaired) electrons. The maximum atomic E-state index is 12.9. The Morgan fingerprint density at radius 2 is 1.84 bits per heavy atom. The lowest BCUT2D eigenvalue weighted by Crippen LogP contribution is -2.40. The Morgan fingerprint density at radius 3 is 2.48 bits per heavy atom. The number of hydrogen-bond donors (Lipinski definition) is 1. The van der Waals surface area contributed by atoms with E-state index in [0.717, 1.165) is 29.7 Å². The minimum Gasteiger partial charge on any atom is -0.392 e. The number of carbonyl (C=O) groups excluding carboxylic acids is 2. The number of nitrogens with zero attached hydrogens (tertiary/aromatic N) is 1. The quantitative estimate of drug-likeness (QED) is 0.823. The Labute approximate surface area is 147 Å². The van der Waals surface area contributed by atoms with E-state index >= 15 is 0 Å². The molecule has 0 aromatic heterocycles. The predicted octanol–water partition coefficient (Wildman–Crippen LogP) is 1.87. The maximum Gasteiger partial charge on any atom is 0.252 e. The zero-order valence-corrected chi connectivity index (χ0v) is 15.1. The summed E-state index contributed by atoms with van der Waals surface area (Å²) in [5.41, 5.74) is 1.61. The van der Waals surface area contributed by atoms with Gasteiger partial charge in [0.15, 0.2) is 9.84 Å². The minimum atomic E-state index is -3.69. The second-order valence-corrected chi connectivity index (χ2v) is 9.31. The molecule has 3 rings (SSSR count). The van der Waals surface area contributed by atoms with Crippen molar-refractivity contribution in [3.05, 3.63) is 29.3 Å². The van der Waals surface area contributed by atoms with Gasteiger partial charge in [-0.2, -0.15) is 0 Å². The van der Waals surface area contributed by atoms with Crippen LogP contribution in [0.2, 0.25) is 0 Å². The van der Waals surface area contributed by atoms with Gasteiger partial charge in [-0.1, -0.05) is 37.0 Å². The monoisotopic (exact) mass is 365 g/mol. The minimum absolute atomic E-state index is 0.282. The molecule has 1 N–H and O–H groups in total. The second kappa shape index (κ2) is 6.88. The molecular weight excluding hydrogens is 342 g/mol. The lowest BCUT2D eigenvalue weighted by Gasteiger charge is -2.24. The van der Waals surface area contributed by atoms with Crippen molar-refractivity contribution >= 4 is 27.3 Å². The number of aryl methyl sites for hydroxylation is 1. The number of sulfone groups is 1. The van der Waals surface area contributed by atoms with Gasteiger partial charge >= 0.3 is 0 Å². The highest BCUT2D eigenvalue weighted by Gasteiger charge is 2.49. The Bertz CT molecular complexity index is 796. The van der Waals surface area contributed by atoms with Crippen LogP contribution in [0.3, 0.4) is 0 Å². The van der Waals surface area contributed by atoms with Crippen LogP contribution in [0.25, 0.3) is 0 Å². The molecule has 1 atom stereocenters. The van der Waals surface area contributed by atoms with Crippen LogP contribution in [0.15, 0.2) is 18.2 Å². The van der Waals surface area contributed by atoms with E-state index in [9.17, 15) is 23.1 Å². The van der Waals surface area contributed by atoms with Crippen LogP contribution in [-0.4, -0.2) is 35.8 Å². The van der Waals surface area contributed by atoms with Crippen molar-refractivity contribution < 1.29 is 23.1 Å². The third-order valence-electron chi connectivity index (χ3n) is 5.16. The van der Waals surface area contributed by atoms with Crippen molar-refractivity contribution in [2.75, 3.05) is 4.90 Å². The molecular formula is C18H23NO5S. The average Bonchev–Trinajstić information content (AvgIpc) is 2.91. The van der Waals surface area contributed by atoms with E-state index < -0.39 is 32.2 Å². The van der Waals surface area contributed by atoms with Crippen LogP contribution in [0.1, 0.15) is 49.7 Å². The number of hydrogen-bond acceptors (Lipinski definition) is 5. The summed E-state index contributed by atoms with van der Waals surface area (Å²) in [4.78, 5) is 26.2.